The van der Waals surface area contributed by atoms with E-state index in [-0.39, 0.29) is 0 Å². The maximum atomic E-state index is 6.06. The summed E-state index contributed by atoms with van der Waals surface area (Å²) in [7, 11) is 0. The van der Waals surface area contributed by atoms with Crippen molar-refractivity contribution in [1.82, 2.24) is 20.1 Å². The number of aromatic nitrogens is 3. The molecule has 1 fully saturated rings. The normalized spacial score (nSPS) is 21.6. The highest BCUT2D eigenvalue weighted by Crippen LogP contribution is 2.23. The maximum absolute atomic E-state index is 6.06. The zero-order valence-electron chi connectivity index (χ0n) is 10.5. The smallest absolute Gasteiger partial charge is 0.130 e. The number of halogens is 1. The van der Waals surface area contributed by atoms with Gasteiger partial charge in [0.25, 0.3) is 0 Å². The second kappa shape index (κ2) is 4.86. The van der Waals surface area contributed by atoms with E-state index in [4.69, 9.17) is 11.6 Å². The summed E-state index contributed by atoms with van der Waals surface area (Å²) >= 11 is 6.06. The lowest BCUT2D eigenvalue weighted by molar-refractivity contribution is 0.177. The summed E-state index contributed by atoms with van der Waals surface area (Å²) in [5.74, 6) is 0.785. The molecule has 0 radical (unpaired) electrons. The molecule has 5 heteroatoms. The van der Waals surface area contributed by atoms with Gasteiger partial charge in [-0.25, -0.2) is 4.98 Å². The Morgan fingerprint density at radius 2 is 2.44 bits per heavy atom. The van der Waals surface area contributed by atoms with Crippen LogP contribution in [0.3, 0.4) is 0 Å². The Hall–Kier alpha value is -1.13. The molecule has 1 atom stereocenters. The van der Waals surface area contributed by atoms with Crippen molar-refractivity contribution in [3.8, 4) is 0 Å². The highest BCUT2D eigenvalue weighted by Gasteiger charge is 2.18. The molecule has 18 heavy (non-hydrogen) atoms. The van der Waals surface area contributed by atoms with Crippen molar-refractivity contribution >= 4 is 22.6 Å². The van der Waals surface area contributed by atoms with Crippen molar-refractivity contribution < 1.29 is 0 Å². The van der Waals surface area contributed by atoms with Crippen LogP contribution in [0.25, 0.3) is 11.0 Å². The quantitative estimate of drug-likeness (QED) is 0.849. The molecule has 0 amide bonds. The van der Waals surface area contributed by atoms with Crippen LogP contribution in [0.5, 0.6) is 0 Å². The number of pyridine rings is 1. The Bertz CT molecular complexity index is 551. The number of piperidine rings is 1. The van der Waals surface area contributed by atoms with E-state index in [0.29, 0.717) is 5.15 Å². The molecule has 3 rings (SSSR count). The number of rotatable bonds is 2. The SMILES string of the molecule is C[C@H]1CCCN(Cc2cc(Cl)nc3cn[nH]c23)C1. The van der Waals surface area contributed by atoms with Crippen LogP contribution in [0.15, 0.2) is 12.3 Å². The fourth-order valence-corrected chi connectivity index (χ4v) is 2.98. The molecule has 0 unspecified atom stereocenters. The van der Waals surface area contributed by atoms with E-state index in [0.717, 1.165) is 30.0 Å². The lowest BCUT2D eigenvalue weighted by atomic mass is 10.00. The fourth-order valence-electron chi connectivity index (χ4n) is 2.76. The Kier molecular flexibility index (Phi) is 3.22. The van der Waals surface area contributed by atoms with Crippen molar-refractivity contribution in [1.29, 1.82) is 0 Å². The second-order valence-corrected chi connectivity index (χ2v) is 5.60. The minimum absolute atomic E-state index is 0.545. The number of aromatic amines is 1. The van der Waals surface area contributed by atoms with Crippen LogP contribution in [-0.2, 0) is 6.54 Å². The number of H-pyrrole nitrogens is 1. The average Bonchev–Trinajstić information content (AvgIpc) is 2.77. The van der Waals surface area contributed by atoms with Gasteiger partial charge in [-0.3, -0.25) is 10.00 Å². The number of likely N-dealkylation sites (tertiary alicyclic amines) is 1. The van der Waals surface area contributed by atoms with Gasteiger partial charge in [-0.2, -0.15) is 5.10 Å². The summed E-state index contributed by atoms with van der Waals surface area (Å²) in [4.78, 5) is 6.74. The van der Waals surface area contributed by atoms with Gasteiger partial charge in [0.05, 0.1) is 11.7 Å². The van der Waals surface area contributed by atoms with Gasteiger partial charge in [-0.1, -0.05) is 18.5 Å². The number of nitrogens with one attached hydrogen (secondary N) is 1. The molecule has 4 nitrogen and oxygen atoms in total. The third-order valence-electron chi connectivity index (χ3n) is 3.60. The lowest BCUT2D eigenvalue weighted by Gasteiger charge is -2.30. The van der Waals surface area contributed by atoms with Crippen LogP contribution in [0.1, 0.15) is 25.3 Å². The summed E-state index contributed by atoms with van der Waals surface area (Å²) in [6.45, 7) is 5.57. The number of fused-ring (bicyclic) bond motifs is 1. The van der Waals surface area contributed by atoms with E-state index >= 15 is 0 Å². The summed E-state index contributed by atoms with van der Waals surface area (Å²) in [6, 6.07) is 1.95. The van der Waals surface area contributed by atoms with Gasteiger partial charge in [0.1, 0.15) is 10.7 Å². The summed E-state index contributed by atoms with van der Waals surface area (Å²) in [5, 5.41) is 7.61. The molecule has 3 heterocycles. The number of hydrogen-bond acceptors (Lipinski definition) is 3. The zero-order chi connectivity index (χ0) is 12.5. The van der Waals surface area contributed by atoms with Gasteiger partial charge < -0.3 is 0 Å². The second-order valence-electron chi connectivity index (χ2n) is 5.22. The number of nitrogens with zero attached hydrogens (tertiary/aromatic N) is 3. The highest BCUT2D eigenvalue weighted by atomic mass is 35.5. The molecule has 2 aromatic heterocycles. The van der Waals surface area contributed by atoms with Crippen LogP contribution in [0.4, 0.5) is 0 Å². The summed E-state index contributed by atoms with van der Waals surface area (Å²) in [5.41, 5.74) is 3.05. The first-order chi connectivity index (χ1) is 8.72. The molecule has 0 saturated carbocycles. The Balaban J connectivity index is 1.87. The van der Waals surface area contributed by atoms with Gasteiger partial charge in [0.15, 0.2) is 0 Å². The van der Waals surface area contributed by atoms with E-state index in [9.17, 15) is 0 Å². The molecule has 0 bridgehead atoms. The van der Waals surface area contributed by atoms with Crippen LogP contribution in [0.2, 0.25) is 5.15 Å². The first-order valence-corrected chi connectivity index (χ1v) is 6.81. The zero-order valence-corrected chi connectivity index (χ0v) is 11.2. The topological polar surface area (TPSA) is 44.8 Å². The molecular formula is C13H17ClN4. The minimum Gasteiger partial charge on any atom is -0.299 e. The fraction of sp³-hybridized carbons (Fsp3) is 0.538. The van der Waals surface area contributed by atoms with E-state index < -0.39 is 0 Å². The van der Waals surface area contributed by atoms with Crippen molar-refractivity contribution in [2.75, 3.05) is 13.1 Å². The predicted molar refractivity (Wildman–Crippen MR) is 72.6 cm³/mol. The van der Waals surface area contributed by atoms with Crippen molar-refractivity contribution in [3.05, 3.63) is 23.0 Å². The molecule has 0 aliphatic carbocycles. The Morgan fingerprint density at radius 1 is 1.56 bits per heavy atom. The molecule has 1 aliphatic rings. The average molecular weight is 265 g/mol. The van der Waals surface area contributed by atoms with Gasteiger partial charge in [0, 0.05) is 13.1 Å². The first-order valence-electron chi connectivity index (χ1n) is 6.43. The van der Waals surface area contributed by atoms with E-state index in [1.165, 1.54) is 24.9 Å². The van der Waals surface area contributed by atoms with E-state index in [2.05, 4.69) is 27.0 Å². The summed E-state index contributed by atoms with van der Waals surface area (Å²) in [6.07, 6.45) is 4.35. The van der Waals surface area contributed by atoms with Gasteiger partial charge >= 0.3 is 0 Å². The predicted octanol–water partition coefficient (Wildman–Crippen LogP) is 2.84. The molecule has 96 valence electrons. The standard InChI is InChI=1S/C13H17ClN4/c1-9-3-2-4-18(7-9)8-10-5-12(14)16-11-6-15-17-13(10)11/h5-6,9H,2-4,7-8H2,1H3,(H,15,17)/t9-/m0/s1. The van der Waals surface area contributed by atoms with Gasteiger partial charge in [0.2, 0.25) is 0 Å². The molecule has 1 N–H and O–H groups in total. The van der Waals surface area contributed by atoms with Crippen LogP contribution >= 0.6 is 11.6 Å². The summed E-state index contributed by atoms with van der Waals surface area (Å²) < 4.78 is 0. The van der Waals surface area contributed by atoms with Crippen molar-refractivity contribution in [3.63, 3.8) is 0 Å². The van der Waals surface area contributed by atoms with Crippen LogP contribution < -0.4 is 0 Å². The molecular weight excluding hydrogens is 248 g/mol. The van der Waals surface area contributed by atoms with E-state index in [1.54, 1.807) is 6.20 Å². The van der Waals surface area contributed by atoms with Crippen molar-refractivity contribution in [2.24, 2.45) is 5.92 Å². The monoisotopic (exact) mass is 264 g/mol. The Morgan fingerprint density at radius 3 is 3.28 bits per heavy atom. The molecule has 1 aliphatic heterocycles. The van der Waals surface area contributed by atoms with E-state index in [1.807, 2.05) is 6.07 Å². The molecule has 0 aromatic carbocycles. The van der Waals surface area contributed by atoms with Gasteiger partial charge in [-0.15, -0.1) is 0 Å². The lowest BCUT2D eigenvalue weighted by Crippen LogP contribution is -2.33. The first kappa shape index (κ1) is 11.9. The molecule has 1 saturated heterocycles. The number of hydrogen-bond donors (Lipinski definition) is 1. The third kappa shape index (κ3) is 2.35. The van der Waals surface area contributed by atoms with Gasteiger partial charge in [-0.05, 0) is 36.9 Å². The van der Waals surface area contributed by atoms with Crippen LogP contribution in [0, 0.1) is 5.92 Å². The van der Waals surface area contributed by atoms with Crippen LogP contribution in [-0.4, -0.2) is 33.2 Å². The highest BCUT2D eigenvalue weighted by molar-refractivity contribution is 6.29. The van der Waals surface area contributed by atoms with Crippen molar-refractivity contribution in [2.45, 2.75) is 26.3 Å². The minimum atomic E-state index is 0.545. The molecule has 0 spiro atoms. The largest absolute Gasteiger partial charge is 0.299 e. The third-order valence-corrected chi connectivity index (χ3v) is 3.79. The maximum Gasteiger partial charge on any atom is 0.130 e. The molecule has 2 aromatic rings. The Labute approximate surface area is 111 Å².